The van der Waals surface area contributed by atoms with E-state index in [1.165, 1.54) is 52.6 Å². The van der Waals surface area contributed by atoms with Crippen molar-refractivity contribution in [3.05, 3.63) is 127 Å². The molecule has 0 radical (unpaired) electrons. The maximum absolute atomic E-state index is 11.2. The summed E-state index contributed by atoms with van der Waals surface area (Å²) in [6.45, 7) is 4.11. The minimum absolute atomic E-state index is 0.0167. The van der Waals surface area contributed by atoms with Crippen LogP contribution in [-0.2, 0) is 22.3 Å². The number of nitro benzene ring substituents is 2. The molecule has 48 heavy (non-hydrogen) atoms. The average molecular weight is 651 g/mol. The van der Waals surface area contributed by atoms with E-state index in [0.29, 0.717) is 11.5 Å². The Hall–Kier alpha value is -5.06. The van der Waals surface area contributed by atoms with Crippen molar-refractivity contribution in [1.29, 1.82) is 0 Å². The van der Waals surface area contributed by atoms with Crippen LogP contribution >= 0.6 is 0 Å². The first-order chi connectivity index (χ1) is 23.2. The topological polar surface area (TPSA) is 123 Å². The van der Waals surface area contributed by atoms with Crippen LogP contribution in [0, 0.1) is 20.2 Å². The van der Waals surface area contributed by atoms with E-state index in [9.17, 15) is 20.2 Å². The Labute approximate surface area is 278 Å². The van der Waals surface area contributed by atoms with Gasteiger partial charge in [0.25, 0.3) is 11.4 Å². The summed E-state index contributed by atoms with van der Waals surface area (Å²) in [5.74, 6) is 0.403. The molecule has 5 aromatic carbocycles. The number of rotatable bonds is 12. The monoisotopic (exact) mass is 650 g/mol. The van der Waals surface area contributed by atoms with Gasteiger partial charge in [-0.05, 0) is 99.8 Å². The zero-order valence-corrected chi connectivity index (χ0v) is 27.4. The Bertz CT molecular complexity index is 1960. The number of nitrogens with zero attached hydrogens (tertiary/aromatic N) is 2. The number of fused-ring (bicyclic) bond motifs is 5. The molecular weight excluding hydrogens is 612 g/mol. The van der Waals surface area contributed by atoms with Gasteiger partial charge in [-0.3, -0.25) is 20.2 Å². The number of benzene rings is 5. The van der Waals surface area contributed by atoms with Crippen molar-refractivity contribution in [2.24, 2.45) is 0 Å². The van der Waals surface area contributed by atoms with Gasteiger partial charge < -0.3 is 18.9 Å². The van der Waals surface area contributed by atoms with Crippen LogP contribution in [0.3, 0.4) is 0 Å². The SMILES string of the molecule is COC(Oc1ccc([N+](=O)[O-])cc1)C(C)c1cccc2c1c(C(C)C(OC)Oc1ccc([N+](=O)[O-])cc1)cc1c3c(ccc12)CCCC3. The number of hydrogen-bond acceptors (Lipinski definition) is 8. The van der Waals surface area contributed by atoms with Gasteiger partial charge in [0.15, 0.2) is 0 Å². The fourth-order valence-corrected chi connectivity index (χ4v) is 6.90. The third-order valence-corrected chi connectivity index (χ3v) is 9.41. The third-order valence-electron chi connectivity index (χ3n) is 9.41. The molecule has 1 aliphatic rings. The number of aryl methyl sites for hydroxylation is 2. The van der Waals surface area contributed by atoms with E-state index in [0.717, 1.165) is 41.2 Å². The van der Waals surface area contributed by atoms with Crippen LogP contribution in [-0.4, -0.2) is 36.6 Å². The summed E-state index contributed by atoms with van der Waals surface area (Å²) in [6, 6.07) is 25.0. The van der Waals surface area contributed by atoms with Crippen molar-refractivity contribution in [3.8, 4) is 11.5 Å². The standard InChI is InChI=1S/C38H38N2O8/c1-23(37(45-3)47-28-17-13-26(14-18-28)39(41)42)30-10-7-11-33-32-21-12-25-8-5-6-9-31(25)35(32)22-34(36(30)33)24(2)38(46-4)48-29-19-15-27(16-20-29)40(43)44/h7,10-24,37-38H,5-6,8-9H2,1-4H3. The summed E-state index contributed by atoms with van der Waals surface area (Å²) < 4.78 is 24.4. The number of nitro groups is 2. The first kappa shape index (κ1) is 32.9. The Morgan fingerprint density at radius 2 is 1.17 bits per heavy atom. The fourth-order valence-electron chi connectivity index (χ4n) is 6.90. The molecule has 4 atom stereocenters. The van der Waals surface area contributed by atoms with Gasteiger partial charge in [0, 0.05) is 50.3 Å². The maximum Gasteiger partial charge on any atom is 0.269 e. The second kappa shape index (κ2) is 14.0. The third kappa shape index (κ3) is 6.41. The second-order valence-corrected chi connectivity index (χ2v) is 12.3. The zero-order chi connectivity index (χ0) is 33.9. The molecule has 0 amide bonds. The molecule has 10 nitrogen and oxygen atoms in total. The van der Waals surface area contributed by atoms with Crippen LogP contribution in [0.1, 0.15) is 60.8 Å². The van der Waals surface area contributed by atoms with E-state index in [4.69, 9.17) is 18.9 Å². The quantitative estimate of drug-likeness (QED) is 0.0567. The van der Waals surface area contributed by atoms with E-state index in [1.54, 1.807) is 38.5 Å². The Morgan fingerprint density at radius 1 is 0.625 bits per heavy atom. The number of hydrogen-bond donors (Lipinski definition) is 0. The van der Waals surface area contributed by atoms with Gasteiger partial charge in [-0.2, -0.15) is 0 Å². The lowest BCUT2D eigenvalue weighted by Crippen LogP contribution is -2.27. The number of methoxy groups -OCH3 is 2. The molecular formula is C38H38N2O8. The highest BCUT2D eigenvalue weighted by molar-refractivity contribution is 6.11. The van der Waals surface area contributed by atoms with E-state index in [-0.39, 0.29) is 23.2 Å². The predicted octanol–water partition coefficient (Wildman–Crippen LogP) is 9.00. The maximum atomic E-state index is 11.2. The van der Waals surface area contributed by atoms with Gasteiger partial charge >= 0.3 is 0 Å². The molecule has 0 bridgehead atoms. The van der Waals surface area contributed by atoms with Crippen LogP contribution in [0.4, 0.5) is 11.4 Å². The summed E-state index contributed by atoms with van der Waals surface area (Å²) in [5.41, 5.74) is 4.78. The first-order valence-corrected chi connectivity index (χ1v) is 16.1. The molecule has 4 unspecified atom stereocenters. The molecule has 248 valence electrons. The summed E-state index contributed by atoms with van der Waals surface area (Å²) in [6.07, 6.45) is 3.00. The molecule has 10 heteroatoms. The largest absolute Gasteiger partial charge is 0.464 e. The summed E-state index contributed by atoms with van der Waals surface area (Å²) >= 11 is 0. The van der Waals surface area contributed by atoms with Gasteiger partial charge in [-0.1, -0.05) is 44.2 Å². The normalized spacial score (nSPS) is 15.3. The molecule has 0 N–H and O–H groups in total. The highest BCUT2D eigenvalue weighted by Gasteiger charge is 2.29. The van der Waals surface area contributed by atoms with Gasteiger partial charge in [-0.15, -0.1) is 0 Å². The van der Waals surface area contributed by atoms with Crippen LogP contribution in [0.5, 0.6) is 11.5 Å². The summed E-state index contributed by atoms with van der Waals surface area (Å²) in [4.78, 5) is 21.5. The molecule has 0 aliphatic heterocycles. The lowest BCUT2D eigenvalue weighted by molar-refractivity contribution is -0.385. The lowest BCUT2D eigenvalue weighted by Gasteiger charge is -2.30. The average Bonchev–Trinajstić information content (AvgIpc) is 3.11. The molecule has 0 aromatic heterocycles. The van der Waals surface area contributed by atoms with Crippen LogP contribution < -0.4 is 9.47 Å². The summed E-state index contributed by atoms with van der Waals surface area (Å²) in [7, 11) is 3.18. The highest BCUT2D eigenvalue weighted by atomic mass is 16.7. The van der Waals surface area contributed by atoms with Crippen molar-refractivity contribution in [1.82, 2.24) is 0 Å². The van der Waals surface area contributed by atoms with Gasteiger partial charge in [-0.25, -0.2) is 0 Å². The predicted molar refractivity (Wildman–Crippen MR) is 184 cm³/mol. The van der Waals surface area contributed by atoms with E-state index >= 15 is 0 Å². The summed E-state index contributed by atoms with van der Waals surface area (Å²) in [5, 5.41) is 26.9. The van der Waals surface area contributed by atoms with Crippen molar-refractivity contribution in [2.75, 3.05) is 14.2 Å². The molecule has 0 spiro atoms. The molecule has 0 saturated heterocycles. The first-order valence-electron chi connectivity index (χ1n) is 16.1. The van der Waals surface area contributed by atoms with E-state index in [1.807, 2.05) is 6.92 Å². The van der Waals surface area contributed by atoms with Crippen molar-refractivity contribution < 1.29 is 28.8 Å². The number of ether oxygens (including phenoxy) is 4. The van der Waals surface area contributed by atoms with Crippen LogP contribution in [0.2, 0.25) is 0 Å². The Morgan fingerprint density at radius 3 is 1.71 bits per heavy atom. The fraction of sp³-hybridized carbons (Fsp3) is 0.316. The van der Waals surface area contributed by atoms with Crippen molar-refractivity contribution in [2.45, 2.75) is 63.9 Å². The molecule has 1 aliphatic carbocycles. The molecule has 5 aromatic rings. The van der Waals surface area contributed by atoms with Gasteiger partial charge in [0.05, 0.1) is 9.85 Å². The van der Waals surface area contributed by atoms with Gasteiger partial charge in [0.2, 0.25) is 12.6 Å². The zero-order valence-electron chi connectivity index (χ0n) is 27.4. The molecule has 0 saturated carbocycles. The molecule has 0 heterocycles. The lowest BCUT2D eigenvalue weighted by atomic mass is 9.81. The minimum atomic E-state index is -0.704. The van der Waals surface area contributed by atoms with Crippen molar-refractivity contribution >= 4 is 32.9 Å². The van der Waals surface area contributed by atoms with Crippen molar-refractivity contribution in [3.63, 3.8) is 0 Å². The van der Waals surface area contributed by atoms with Gasteiger partial charge in [0.1, 0.15) is 11.5 Å². The molecule has 6 rings (SSSR count). The van der Waals surface area contributed by atoms with Crippen LogP contribution in [0.25, 0.3) is 21.5 Å². The van der Waals surface area contributed by atoms with E-state index in [2.05, 4.69) is 43.3 Å². The highest BCUT2D eigenvalue weighted by Crippen LogP contribution is 2.42. The smallest absolute Gasteiger partial charge is 0.269 e. The Balaban J connectivity index is 1.46. The second-order valence-electron chi connectivity index (χ2n) is 12.3. The number of non-ortho nitro benzene ring substituents is 2. The minimum Gasteiger partial charge on any atom is -0.464 e. The molecule has 0 fully saturated rings. The van der Waals surface area contributed by atoms with E-state index < -0.39 is 22.4 Å². The van der Waals surface area contributed by atoms with Crippen LogP contribution in [0.15, 0.2) is 84.9 Å². The Kier molecular flexibility index (Phi) is 9.56.